The molecule has 8 heteroatoms. The van der Waals surface area contributed by atoms with Crippen LogP contribution >= 0.6 is 0 Å². The van der Waals surface area contributed by atoms with Gasteiger partial charge in [0.25, 0.3) is 0 Å². The summed E-state index contributed by atoms with van der Waals surface area (Å²) in [6.07, 6.45) is -2.03. The molecule has 8 nitrogen and oxygen atoms in total. The van der Waals surface area contributed by atoms with Crippen LogP contribution in [-0.4, -0.2) is 69.5 Å². The first kappa shape index (κ1) is 20.0. The van der Waals surface area contributed by atoms with Gasteiger partial charge in [-0.05, 0) is 25.2 Å². The van der Waals surface area contributed by atoms with Gasteiger partial charge in [0.1, 0.15) is 30.2 Å². The topological polar surface area (TPSA) is 134 Å². The molecular weight excluding hydrogens is 332 g/mol. The van der Waals surface area contributed by atoms with E-state index in [2.05, 4.69) is 0 Å². The Labute approximate surface area is 146 Å². The third-order valence-corrected chi connectivity index (χ3v) is 4.85. The number of allylic oxidation sites excluding steroid dienone is 2. The molecule has 2 aliphatic rings. The van der Waals surface area contributed by atoms with E-state index in [0.29, 0.717) is 19.3 Å². The van der Waals surface area contributed by atoms with Crippen molar-refractivity contribution in [2.24, 2.45) is 11.8 Å². The van der Waals surface area contributed by atoms with Crippen molar-refractivity contribution in [2.45, 2.75) is 63.3 Å². The first-order valence-electron chi connectivity index (χ1n) is 8.50. The number of esters is 1. The van der Waals surface area contributed by atoms with Crippen molar-refractivity contribution in [3.05, 3.63) is 12.2 Å². The zero-order chi connectivity index (χ0) is 18.6. The molecule has 1 aliphatic carbocycles. The first-order chi connectivity index (χ1) is 11.9. The van der Waals surface area contributed by atoms with E-state index in [1.807, 2.05) is 19.1 Å². The van der Waals surface area contributed by atoms with Gasteiger partial charge in [0.2, 0.25) is 6.29 Å². The Morgan fingerprint density at radius 2 is 1.88 bits per heavy atom. The van der Waals surface area contributed by atoms with Gasteiger partial charge >= 0.3 is 5.97 Å². The summed E-state index contributed by atoms with van der Waals surface area (Å²) in [4.78, 5) is 23.9. The van der Waals surface area contributed by atoms with Crippen LogP contribution in [0.25, 0.3) is 0 Å². The molecule has 25 heavy (non-hydrogen) atoms. The molecule has 1 saturated carbocycles. The van der Waals surface area contributed by atoms with Crippen LogP contribution in [0.3, 0.4) is 0 Å². The zero-order valence-electron chi connectivity index (χ0n) is 14.2. The minimum atomic E-state index is -1.62. The number of carbonyl (C=O) groups excluding carboxylic acids is 2. The van der Waals surface area contributed by atoms with Crippen LogP contribution in [0.5, 0.6) is 0 Å². The number of Topliss-reactive ketones (excluding diaryl/α,β-unsaturated/α-hetero) is 1. The molecule has 1 aliphatic heterocycles. The molecule has 1 heterocycles. The molecule has 2 fully saturated rings. The smallest absolute Gasteiger partial charge is 0.308 e. The van der Waals surface area contributed by atoms with Crippen molar-refractivity contribution in [1.82, 2.24) is 0 Å². The zero-order valence-corrected chi connectivity index (χ0v) is 14.2. The Morgan fingerprint density at radius 3 is 2.52 bits per heavy atom. The molecule has 2 rings (SSSR count). The van der Waals surface area contributed by atoms with Gasteiger partial charge < -0.3 is 29.9 Å². The van der Waals surface area contributed by atoms with Gasteiger partial charge in [0, 0.05) is 19.3 Å². The highest BCUT2D eigenvalue weighted by Gasteiger charge is 2.45. The summed E-state index contributed by atoms with van der Waals surface area (Å²) in [6, 6.07) is 0. The predicted octanol–water partition coefficient (Wildman–Crippen LogP) is -0.719. The van der Waals surface area contributed by atoms with Crippen LogP contribution in [0, 0.1) is 11.8 Å². The molecule has 0 amide bonds. The Bertz CT molecular complexity index is 503. The number of hydrogen-bond acceptors (Lipinski definition) is 8. The van der Waals surface area contributed by atoms with Crippen LogP contribution < -0.4 is 0 Å². The van der Waals surface area contributed by atoms with Crippen LogP contribution in [0.1, 0.15) is 32.6 Å². The summed E-state index contributed by atoms with van der Waals surface area (Å²) in [6.45, 7) is 1.29. The fourth-order valence-electron chi connectivity index (χ4n) is 3.38. The fraction of sp³-hybridized carbons (Fsp3) is 0.765. The lowest BCUT2D eigenvalue weighted by molar-refractivity contribution is -0.292. The third-order valence-electron chi connectivity index (χ3n) is 4.85. The molecule has 142 valence electrons. The van der Waals surface area contributed by atoms with Crippen molar-refractivity contribution in [3.8, 4) is 0 Å². The van der Waals surface area contributed by atoms with Crippen molar-refractivity contribution >= 4 is 11.8 Å². The molecule has 0 bridgehead atoms. The summed E-state index contributed by atoms with van der Waals surface area (Å²) in [5.41, 5.74) is 0. The second-order valence-electron chi connectivity index (χ2n) is 6.66. The van der Waals surface area contributed by atoms with Crippen molar-refractivity contribution in [3.63, 3.8) is 0 Å². The second kappa shape index (κ2) is 8.86. The molecule has 0 radical (unpaired) electrons. The van der Waals surface area contributed by atoms with Crippen LogP contribution in [0.2, 0.25) is 0 Å². The summed E-state index contributed by atoms with van der Waals surface area (Å²) >= 11 is 0. The average molecular weight is 358 g/mol. The van der Waals surface area contributed by atoms with E-state index in [9.17, 15) is 24.9 Å². The molecular formula is C17H26O8. The normalized spacial score (nSPS) is 39.1. The number of aliphatic hydroxyl groups is 4. The lowest BCUT2D eigenvalue weighted by atomic mass is 9.90. The Morgan fingerprint density at radius 1 is 1.20 bits per heavy atom. The van der Waals surface area contributed by atoms with E-state index in [1.54, 1.807) is 0 Å². The molecule has 1 saturated heterocycles. The van der Waals surface area contributed by atoms with E-state index in [1.165, 1.54) is 0 Å². The van der Waals surface area contributed by atoms with Gasteiger partial charge in [0.15, 0.2) is 0 Å². The standard InChI is InChI=1S/C17H26O8/c1-2-3-4-9-5-11(19)6-10(9)7-13(20)25-17-16(23)15(22)14(21)12(8-18)24-17/h2-3,9-10,12,14-18,21-23H,4-8H2,1H3/t9?,10?,12-,14-,15+,16-,17?/m1/s1. The van der Waals surface area contributed by atoms with Crippen LogP contribution in [-0.2, 0) is 19.1 Å². The molecule has 3 unspecified atom stereocenters. The van der Waals surface area contributed by atoms with E-state index < -0.39 is 43.3 Å². The lowest BCUT2D eigenvalue weighted by Gasteiger charge is -2.39. The summed E-state index contributed by atoms with van der Waals surface area (Å²) < 4.78 is 10.2. The predicted molar refractivity (Wildman–Crippen MR) is 85.1 cm³/mol. The number of aliphatic hydroxyl groups excluding tert-OH is 4. The summed E-state index contributed by atoms with van der Waals surface area (Å²) in [5.74, 6) is -0.609. The maximum Gasteiger partial charge on any atom is 0.308 e. The van der Waals surface area contributed by atoms with Gasteiger partial charge in [0.05, 0.1) is 6.61 Å². The lowest BCUT2D eigenvalue weighted by Crippen LogP contribution is -2.59. The highest BCUT2D eigenvalue weighted by atomic mass is 16.7. The Hall–Kier alpha value is -1.32. The largest absolute Gasteiger partial charge is 0.433 e. The maximum atomic E-state index is 12.2. The van der Waals surface area contributed by atoms with Crippen molar-refractivity contribution in [2.75, 3.05) is 6.61 Å². The average Bonchev–Trinajstić information content (AvgIpc) is 2.92. The quantitative estimate of drug-likeness (QED) is 0.361. The number of rotatable bonds is 6. The number of carbonyl (C=O) groups is 2. The van der Waals surface area contributed by atoms with E-state index in [-0.39, 0.29) is 24.0 Å². The molecule has 0 aromatic carbocycles. The minimum absolute atomic E-state index is 0.00296. The molecule has 0 aromatic heterocycles. The number of ether oxygens (including phenoxy) is 2. The van der Waals surface area contributed by atoms with Crippen molar-refractivity contribution in [1.29, 1.82) is 0 Å². The highest BCUT2D eigenvalue weighted by Crippen LogP contribution is 2.35. The second-order valence-corrected chi connectivity index (χ2v) is 6.66. The Balaban J connectivity index is 1.93. The fourth-order valence-corrected chi connectivity index (χ4v) is 3.38. The van der Waals surface area contributed by atoms with E-state index in [0.717, 1.165) is 0 Å². The van der Waals surface area contributed by atoms with Gasteiger partial charge in [-0.25, -0.2) is 0 Å². The van der Waals surface area contributed by atoms with Crippen molar-refractivity contribution < 1.29 is 39.5 Å². The van der Waals surface area contributed by atoms with Gasteiger partial charge in [-0.1, -0.05) is 12.2 Å². The number of hydrogen-bond donors (Lipinski definition) is 4. The van der Waals surface area contributed by atoms with E-state index >= 15 is 0 Å². The SMILES string of the molecule is CC=CCC1CC(=O)CC1CC(=O)OC1O[C@H](CO)[C@@H](O)[C@H](O)[C@H]1O. The van der Waals surface area contributed by atoms with Crippen LogP contribution in [0.15, 0.2) is 12.2 Å². The summed E-state index contributed by atoms with van der Waals surface area (Å²) in [5, 5.41) is 38.4. The number of ketones is 1. The van der Waals surface area contributed by atoms with Crippen LogP contribution in [0.4, 0.5) is 0 Å². The monoisotopic (exact) mass is 358 g/mol. The summed E-state index contributed by atoms with van der Waals surface area (Å²) in [7, 11) is 0. The maximum absolute atomic E-state index is 12.2. The third kappa shape index (κ3) is 4.86. The molecule has 0 aromatic rings. The van der Waals surface area contributed by atoms with Gasteiger partial charge in [-0.3, -0.25) is 9.59 Å². The molecule has 7 atom stereocenters. The Kier molecular flexibility index (Phi) is 7.09. The minimum Gasteiger partial charge on any atom is -0.433 e. The first-order valence-corrected chi connectivity index (χ1v) is 8.50. The molecule has 4 N–H and O–H groups in total. The highest BCUT2D eigenvalue weighted by molar-refractivity contribution is 5.82. The van der Waals surface area contributed by atoms with E-state index in [4.69, 9.17) is 14.6 Å². The molecule has 0 spiro atoms. The van der Waals surface area contributed by atoms with Gasteiger partial charge in [-0.15, -0.1) is 0 Å². The van der Waals surface area contributed by atoms with Gasteiger partial charge in [-0.2, -0.15) is 0 Å².